The van der Waals surface area contributed by atoms with E-state index in [1.807, 2.05) is 0 Å². The summed E-state index contributed by atoms with van der Waals surface area (Å²) in [6.45, 7) is 7.01. The largest absolute Gasteiger partial charge is 0.705 e. The van der Waals surface area contributed by atoms with Gasteiger partial charge in [-0.2, -0.15) is 0 Å². The number of hydrogen-bond donors (Lipinski definition) is 0. The van der Waals surface area contributed by atoms with E-state index in [4.69, 9.17) is 18.0 Å². The maximum Gasteiger partial charge on any atom is 0.705 e. The Morgan fingerprint density at radius 3 is 1.71 bits per heavy atom. The van der Waals surface area contributed by atoms with Crippen molar-refractivity contribution in [2.75, 3.05) is 13.2 Å². The maximum absolute atomic E-state index is 11.3. The quantitative estimate of drug-likeness (QED) is 0.656. The summed E-state index contributed by atoms with van der Waals surface area (Å²) < 4.78 is 20.5. The van der Waals surface area contributed by atoms with E-state index in [1.54, 1.807) is 0 Å². The number of ether oxygens (including phenoxy) is 1. The predicted octanol–water partition coefficient (Wildman–Crippen LogP) is 1.43. The molecule has 0 unspecified atom stereocenters. The second-order valence-electron chi connectivity index (χ2n) is 5.62. The third kappa shape index (κ3) is 5.84. The molecule has 0 amide bonds. The molecule has 21 heavy (non-hydrogen) atoms. The minimum atomic E-state index is -3.66. The topological polar surface area (TPSA) is 88.1 Å². The molecule has 0 spiro atoms. The Kier molecular flexibility index (Phi) is 5.91. The predicted molar refractivity (Wildman–Crippen MR) is 74.0 cm³/mol. The molecule has 120 valence electrons. The smallest absolute Gasteiger partial charge is 0.455 e. The third-order valence-electron chi connectivity index (χ3n) is 3.06. The highest BCUT2D eigenvalue weighted by molar-refractivity contribution is 6.65. The van der Waals surface area contributed by atoms with Crippen LogP contribution >= 0.6 is 0 Å². The summed E-state index contributed by atoms with van der Waals surface area (Å²) in [6.07, 6.45) is 1.42. The molecule has 0 aliphatic carbocycles. The van der Waals surface area contributed by atoms with Gasteiger partial charge in [-0.05, 0) is 12.8 Å². The van der Waals surface area contributed by atoms with Crippen LogP contribution in [0.2, 0.25) is 6.04 Å². The first-order chi connectivity index (χ1) is 9.66. The van der Waals surface area contributed by atoms with Crippen molar-refractivity contribution < 1.29 is 32.4 Å². The van der Waals surface area contributed by atoms with Crippen LogP contribution < -0.4 is 0 Å². The van der Waals surface area contributed by atoms with Gasteiger partial charge in [-0.15, -0.1) is 0 Å². The van der Waals surface area contributed by atoms with Gasteiger partial charge < -0.3 is 18.0 Å². The normalized spacial score (nSPS) is 16.6. The number of rotatable bonds is 7. The van der Waals surface area contributed by atoms with Gasteiger partial charge in [0, 0.05) is 26.2 Å². The van der Waals surface area contributed by atoms with Crippen LogP contribution in [-0.2, 0) is 32.4 Å². The van der Waals surface area contributed by atoms with Crippen molar-refractivity contribution in [3.8, 4) is 0 Å². The first-order valence-corrected chi connectivity index (χ1v) is 8.76. The van der Waals surface area contributed by atoms with Crippen LogP contribution in [0, 0.1) is 5.41 Å². The van der Waals surface area contributed by atoms with E-state index in [-0.39, 0.29) is 11.5 Å². The van der Waals surface area contributed by atoms with Gasteiger partial charge in [0.15, 0.2) is 0 Å². The Bertz CT molecular complexity index is 376. The molecule has 1 fully saturated rings. The van der Waals surface area contributed by atoms with Crippen molar-refractivity contribution in [1.82, 2.24) is 0 Å². The van der Waals surface area contributed by atoms with Gasteiger partial charge in [-0.1, -0.05) is 6.92 Å². The average Bonchev–Trinajstić information content (AvgIpc) is 2.23. The number of carbonyl (C=O) groups excluding carboxylic acids is 3. The fourth-order valence-electron chi connectivity index (χ4n) is 2.20. The molecule has 0 aromatic heterocycles. The molecule has 1 aliphatic rings. The standard InChI is InChI=1S/C13H22O7Si/c1-10(14)18-21(19-11(2)15,20-12(3)16)7-5-6-13(4)8-17-9-13/h5-9H2,1-4H3. The van der Waals surface area contributed by atoms with Crippen LogP contribution in [0.25, 0.3) is 0 Å². The van der Waals surface area contributed by atoms with E-state index >= 15 is 0 Å². The first kappa shape index (κ1) is 17.6. The van der Waals surface area contributed by atoms with Crippen LogP contribution in [0.15, 0.2) is 0 Å². The highest BCUT2D eigenvalue weighted by Crippen LogP contribution is 2.34. The zero-order valence-corrected chi connectivity index (χ0v) is 13.9. The second-order valence-corrected chi connectivity index (χ2v) is 8.10. The summed E-state index contributed by atoms with van der Waals surface area (Å²) >= 11 is 0. The van der Waals surface area contributed by atoms with Crippen molar-refractivity contribution in [2.24, 2.45) is 5.41 Å². The highest BCUT2D eigenvalue weighted by Gasteiger charge is 2.51. The lowest BCUT2D eigenvalue weighted by molar-refractivity contribution is -0.147. The summed E-state index contributed by atoms with van der Waals surface area (Å²) in [5.74, 6) is -1.91. The van der Waals surface area contributed by atoms with Gasteiger partial charge in [0.1, 0.15) is 0 Å². The Morgan fingerprint density at radius 1 is 1.00 bits per heavy atom. The van der Waals surface area contributed by atoms with Crippen LogP contribution in [0.1, 0.15) is 40.5 Å². The lowest BCUT2D eigenvalue weighted by Crippen LogP contribution is -2.49. The van der Waals surface area contributed by atoms with E-state index < -0.39 is 26.7 Å². The molecule has 0 aromatic carbocycles. The average molecular weight is 318 g/mol. The summed E-state index contributed by atoms with van der Waals surface area (Å²) in [7, 11) is -3.66. The van der Waals surface area contributed by atoms with E-state index in [2.05, 4.69) is 6.92 Å². The first-order valence-electron chi connectivity index (χ1n) is 6.83. The molecule has 0 N–H and O–H groups in total. The zero-order valence-electron chi connectivity index (χ0n) is 12.9. The molecule has 7 nitrogen and oxygen atoms in total. The van der Waals surface area contributed by atoms with Crippen LogP contribution in [0.4, 0.5) is 0 Å². The second kappa shape index (κ2) is 7.03. The van der Waals surface area contributed by atoms with E-state index in [0.717, 1.165) is 6.42 Å². The number of carbonyl (C=O) groups is 3. The van der Waals surface area contributed by atoms with E-state index in [9.17, 15) is 14.4 Å². The summed E-state index contributed by atoms with van der Waals surface area (Å²) in [5.41, 5.74) is 0.0861. The maximum atomic E-state index is 11.3. The molecule has 8 heteroatoms. The van der Waals surface area contributed by atoms with Crippen molar-refractivity contribution in [3.05, 3.63) is 0 Å². The van der Waals surface area contributed by atoms with Crippen molar-refractivity contribution in [2.45, 2.75) is 46.6 Å². The highest BCUT2D eigenvalue weighted by atomic mass is 28.4. The molecule has 0 aromatic rings. The zero-order chi connectivity index (χ0) is 16.1. The molecule has 1 aliphatic heterocycles. The molecule has 0 bridgehead atoms. The number of hydrogen-bond acceptors (Lipinski definition) is 7. The van der Waals surface area contributed by atoms with Gasteiger partial charge in [-0.25, -0.2) is 0 Å². The molecule has 0 saturated carbocycles. The van der Waals surface area contributed by atoms with Crippen LogP contribution in [0.5, 0.6) is 0 Å². The Balaban J connectivity index is 2.72. The van der Waals surface area contributed by atoms with Crippen LogP contribution in [-0.4, -0.2) is 39.9 Å². The molecule has 1 saturated heterocycles. The Morgan fingerprint density at radius 2 is 1.43 bits per heavy atom. The molecular weight excluding hydrogens is 296 g/mol. The van der Waals surface area contributed by atoms with Crippen molar-refractivity contribution >= 4 is 26.7 Å². The minimum absolute atomic E-state index is 0.0861. The molecular formula is C13H22O7Si. The fraction of sp³-hybridized carbons (Fsp3) is 0.769. The lowest BCUT2D eigenvalue weighted by Gasteiger charge is -2.38. The summed E-state index contributed by atoms with van der Waals surface area (Å²) in [6, 6.07) is 0.224. The molecule has 1 rings (SSSR count). The van der Waals surface area contributed by atoms with Gasteiger partial charge in [-0.3, -0.25) is 14.4 Å². The SMILES string of the molecule is CC(=O)O[Si](CCCC1(C)COC1)(OC(C)=O)OC(C)=O. The lowest BCUT2D eigenvalue weighted by atomic mass is 9.84. The van der Waals surface area contributed by atoms with E-state index in [0.29, 0.717) is 19.6 Å². The van der Waals surface area contributed by atoms with Gasteiger partial charge in [0.25, 0.3) is 17.9 Å². The van der Waals surface area contributed by atoms with Gasteiger partial charge in [0.05, 0.1) is 19.3 Å². The Hall–Kier alpha value is -1.41. The van der Waals surface area contributed by atoms with E-state index in [1.165, 1.54) is 20.8 Å². The molecule has 0 atom stereocenters. The van der Waals surface area contributed by atoms with Crippen LogP contribution in [0.3, 0.4) is 0 Å². The van der Waals surface area contributed by atoms with Crippen molar-refractivity contribution in [3.63, 3.8) is 0 Å². The summed E-state index contributed by atoms with van der Waals surface area (Å²) in [4.78, 5) is 33.8. The Labute approximate surface area is 125 Å². The minimum Gasteiger partial charge on any atom is -0.455 e. The van der Waals surface area contributed by atoms with Gasteiger partial charge in [0.2, 0.25) is 0 Å². The monoisotopic (exact) mass is 318 g/mol. The fourth-order valence-corrected chi connectivity index (χ4v) is 4.55. The molecule has 0 radical (unpaired) electrons. The third-order valence-corrected chi connectivity index (χ3v) is 5.82. The van der Waals surface area contributed by atoms with Gasteiger partial charge >= 0.3 is 8.80 Å². The molecule has 1 heterocycles. The van der Waals surface area contributed by atoms with Crippen molar-refractivity contribution in [1.29, 1.82) is 0 Å². The summed E-state index contributed by atoms with van der Waals surface area (Å²) in [5, 5.41) is 0.